The molecule has 0 atom stereocenters. The van der Waals surface area contributed by atoms with Crippen LogP contribution in [0.4, 0.5) is 0 Å². The molecule has 0 saturated heterocycles. The van der Waals surface area contributed by atoms with Gasteiger partial charge in [0.1, 0.15) is 5.75 Å². The van der Waals surface area contributed by atoms with Crippen molar-refractivity contribution in [3.05, 3.63) is 53.1 Å². The molecule has 0 aromatic heterocycles. The van der Waals surface area contributed by atoms with Crippen LogP contribution < -0.4 is 4.74 Å². The molecule has 2 rings (SSSR count). The van der Waals surface area contributed by atoms with E-state index in [-0.39, 0.29) is 12.4 Å². The second kappa shape index (κ2) is 8.11. The SMILES string of the molecule is CCOC(=O)Cc1ccc(Sc2cccc(OC)c2)cc1Cl. The minimum atomic E-state index is -0.266. The van der Waals surface area contributed by atoms with E-state index in [2.05, 4.69) is 0 Å². The second-order valence-electron chi connectivity index (χ2n) is 4.52. The fraction of sp³-hybridized carbons (Fsp3) is 0.235. The topological polar surface area (TPSA) is 35.5 Å². The normalized spacial score (nSPS) is 10.3. The zero-order valence-electron chi connectivity index (χ0n) is 12.5. The Kier molecular flexibility index (Phi) is 6.16. The number of hydrogen-bond donors (Lipinski definition) is 0. The van der Waals surface area contributed by atoms with E-state index in [1.165, 1.54) is 0 Å². The molecule has 0 aliphatic heterocycles. The number of esters is 1. The molecule has 5 heteroatoms. The van der Waals surface area contributed by atoms with E-state index in [1.807, 2.05) is 42.5 Å². The number of carbonyl (C=O) groups is 1. The zero-order valence-corrected chi connectivity index (χ0v) is 14.0. The van der Waals surface area contributed by atoms with Crippen molar-refractivity contribution in [3.8, 4) is 5.75 Å². The highest BCUT2D eigenvalue weighted by atomic mass is 35.5. The Labute approximate surface area is 139 Å². The Hall–Kier alpha value is -1.65. The summed E-state index contributed by atoms with van der Waals surface area (Å²) in [4.78, 5) is 13.6. The highest BCUT2D eigenvalue weighted by Crippen LogP contribution is 2.32. The third-order valence-electron chi connectivity index (χ3n) is 2.94. The molecular weight excluding hydrogens is 320 g/mol. The zero-order chi connectivity index (χ0) is 15.9. The lowest BCUT2D eigenvalue weighted by Gasteiger charge is -2.08. The van der Waals surface area contributed by atoms with Crippen LogP contribution in [0.1, 0.15) is 12.5 Å². The monoisotopic (exact) mass is 336 g/mol. The van der Waals surface area contributed by atoms with Gasteiger partial charge in [-0.1, -0.05) is 35.5 Å². The van der Waals surface area contributed by atoms with Crippen molar-refractivity contribution in [2.45, 2.75) is 23.1 Å². The van der Waals surface area contributed by atoms with Gasteiger partial charge in [-0.3, -0.25) is 4.79 Å². The van der Waals surface area contributed by atoms with E-state index in [0.717, 1.165) is 21.1 Å². The number of carbonyl (C=O) groups excluding carboxylic acids is 1. The van der Waals surface area contributed by atoms with E-state index >= 15 is 0 Å². The standard InChI is InChI=1S/C17H17ClO3S/c1-3-21-17(19)9-12-7-8-15(11-16(12)18)22-14-6-4-5-13(10-14)20-2/h4-8,10-11H,3,9H2,1-2H3. The lowest BCUT2D eigenvalue weighted by Crippen LogP contribution is -2.07. The van der Waals surface area contributed by atoms with E-state index in [1.54, 1.807) is 25.8 Å². The lowest BCUT2D eigenvalue weighted by atomic mass is 10.1. The minimum absolute atomic E-state index is 0.191. The van der Waals surface area contributed by atoms with Crippen molar-refractivity contribution in [1.29, 1.82) is 0 Å². The van der Waals surface area contributed by atoms with Crippen LogP contribution in [-0.4, -0.2) is 19.7 Å². The number of ether oxygens (including phenoxy) is 2. The molecule has 0 bridgehead atoms. The molecule has 0 spiro atoms. The first-order chi connectivity index (χ1) is 10.6. The Morgan fingerprint density at radius 3 is 2.64 bits per heavy atom. The highest BCUT2D eigenvalue weighted by Gasteiger charge is 2.09. The van der Waals surface area contributed by atoms with Gasteiger partial charge >= 0.3 is 5.97 Å². The Morgan fingerprint density at radius 1 is 1.18 bits per heavy atom. The number of benzene rings is 2. The van der Waals surface area contributed by atoms with E-state index in [4.69, 9.17) is 21.1 Å². The van der Waals surface area contributed by atoms with Crippen molar-refractivity contribution >= 4 is 29.3 Å². The fourth-order valence-electron chi connectivity index (χ4n) is 1.90. The minimum Gasteiger partial charge on any atom is -0.497 e. The Morgan fingerprint density at radius 2 is 1.95 bits per heavy atom. The summed E-state index contributed by atoms with van der Waals surface area (Å²) in [6, 6.07) is 13.5. The summed E-state index contributed by atoms with van der Waals surface area (Å²) < 4.78 is 10.1. The first kappa shape index (κ1) is 16.7. The van der Waals surface area contributed by atoms with Gasteiger partial charge in [0.2, 0.25) is 0 Å². The first-order valence-electron chi connectivity index (χ1n) is 6.88. The van der Waals surface area contributed by atoms with Gasteiger partial charge < -0.3 is 9.47 Å². The molecule has 0 N–H and O–H groups in total. The van der Waals surface area contributed by atoms with E-state index < -0.39 is 0 Å². The summed E-state index contributed by atoms with van der Waals surface area (Å²) in [5.41, 5.74) is 0.773. The number of halogens is 1. The van der Waals surface area contributed by atoms with Crippen LogP contribution in [0, 0.1) is 0 Å². The van der Waals surface area contributed by atoms with Crippen LogP contribution >= 0.6 is 23.4 Å². The van der Waals surface area contributed by atoms with Crippen molar-refractivity contribution in [2.75, 3.05) is 13.7 Å². The molecule has 2 aromatic carbocycles. The quantitative estimate of drug-likeness (QED) is 0.722. The molecule has 0 heterocycles. The highest BCUT2D eigenvalue weighted by molar-refractivity contribution is 7.99. The second-order valence-corrected chi connectivity index (χ2v) is 6.07. The van der Waals surface area contributed by atoms with E-state index in [9.17, 15) is 4.79 Å². The third-order valence-corrected chi connectivity index (χ3v) is 4.27. The van der Waals surface area contributed by atoms with Crippen LogP contribution in [-0.2, 0) is 16.0 Å². The number of methoxy groups -OCH3 is 1. The molecule has 116 valence electrons. The summed E-state index contributed by atoms with van der Waals surface area (Å²) in [6.07, 6.45) is 0.191. The van der Waals surface area contributed by atoms with Gasteiger partial charge in [-0.25, -0.2) is 0 Å². The van der Waals surface area contributed by atoms with Gasteiger partial charge in [-0.15, -0.1) is 0 Å². The van der Waals surface area contributed by atoms with Gasteiger partial charge in [-0.2, -0.15) is 0 Å². The van der Waals surface area contributed by atoms with Crippen LogP contribution in [0.25, 0.3) is 0 Å². The third kappa shape index (κ3) is 4.68. The fourth-order valence-corrected chi connectivity index (χ4v) is 3.12. The van der Waals surface area contributed by atoms with Gasteiger partial charge in [0, 0.05) is 14.8 Å². The molecule has 22 heavy (non-hydrogen) atoms. The van der Waals surface area contributed by atoms with Crippen LogP contribution in [0.2, 0.25) is 5.02 Å². The predicted molar refractivity (Wildman–Crippen MR) is 88.9 cm³/mol. The smallest absolute Gasteiger partial charge is 0.310 e. The van der Waals surface area contributed by atoms with Gasteiger partial charge in [0.15, 0.2) is 0 Å². The largest absolute Gasteiger partial charge is 0.497 e. The molecule has 0 radical (unpaired) electrons. The number of rotatable bonds is 6. The van der Waals surface area contributed by atoms with Gasteiger partial charge in [-0.05, 0) is 42.8 Å². The summed E-state index contributed by atoms with van der Waals surface area (Å²) in [5, 5.41) is 0.570. The molecule has 2 aromatic rings. The average molecular weight is 337 g/mol. The van der Waals surface area contributed by atoms with Crippen molar-refractivity contribution in [3.63, 3.8) is 0 Å². The Bertz CT molecular complexity index is 658. The first-order valence-corrected chi connectivity index (χ1v) is 8.07. The molecule has 0 unspecified atom stereocenters. The van der Waals surface area contributed by atoms with E-state index in [0.29, 0.717) is 11.6 Å². The molecule has 0 aliphatic rings. The molecule has 0 aliphatic carbocycles. The maximum absolute atomic E-state index is 11.5. The summed E-state index contributed by atoms with van der Waals surface area (Å²) in [7, 11) is 1.64. The van der Waals surface area contributed by atoms with Crippen LogP contribution in [0.15, 0.2) is 52.3 Å². The van der Waals surface area contributed by atoms with Crippen LogP contribution in [0.5, 0.6) is 5.75 Å². The average Bonchev–Trinajstić information content (AvgIpc) is 2.50. The molecular formula is C17H17ClO3S. The van der Waals surface area contributed by atoms with Crippen molar-refractivity contribution < 1.29 is 14.3 Å². The molecule has 3 nitrogen and oxygen atoms in total. The molecule has 0 fully saturated rings. The summed E-state index contributed by atoms with van der Waals surface area (Å²) in [6.45, 7) is 2.16. The molecule has 0 amide bonds. The van der Waals surface area contributed by atoms with Gasteiger partial charge in [0.25, 0.3) is 0 Å². The number of hydrogen-bond acceptors (Lipinski definition) is 4. The van der Waals surface area contributed by atoms with Gasteiger partial charge in [0.05, 0.1) is 20.1 Å². The van der Waals surface area contributed by atoms with Crippen molar-refractivity contribution in [1.82, 2.24) is 0 Å². The summed E-state index contributed by atoms with van der Waals surface area (Å²) in [5.74, 6) is 0.549. The van der Waals surface area contributed by atoms with Crippen molar-refractivity contribution in [2.24, 2.45) is 0 Å². The predicted octanol–water partition coefficient (Wildman–Crippen LogP) is 4.61. The lowest BCUT2D eigenvalue weighted by molar-refractivity contribution is -0.142. The maximum Gasteiger partial charge on any atom is 0.310 e. The maximum atomic E-state index is 11.5. The summed E-state index contributed by atoms with van der Waals surface area (Å²) >= 11 is 7.84. The van der Waals surface area contributed by atoms with Crippen LogP contribution in [0.3, 0.4) is 0 Å². The Balaban J connectivity index is 2.10. The molecule has 0 saturated carbocycles.